The van der Waals surface area contributed by atoms with Gasteiger partial charge in [-0.3, -0.25) is 0 Å². The Kier molecular flexibility index (Phi) is 3.28. The fraction of sp³-hybridized carbons (Fsp3) is 0.538. The minimum atomic E-state index is -0.791. The molecule has 0 bridgehead atoms. The molecule has 1 unspecified atom stereocenters. The molecule has 1 aromatic carbocycles. The van der Waals surface area contributed by atoms with Gasteiger partial charge in [0.15, 0.2) is 0 Å². The van der Waals surface area contributed by atoms with E-state index in [2.05, 4.69) is 0 Å². The largest absolute Gasteiger partial charge is 0.393 e. The van der Waals surface area contributed by atoms with Crippen LogP contribution in [0, 0.1) is 0 Å². The second-order valence-corrected chi connectivity index (χ2v) is 4.62. The van der Waals surface area contributed by atoms with Crippen LogP contribution in [0.5, 0.6) is 0 Å². The van der Waals surface area contributed by atoms with Crippen LogP contribution in [0.2, 0.25) is 0 Å². The van der Waals surface area contributed by atoms with Crippen molar-refractivity contribution in [3.8, 4) is 0 Å². The van der Waals surface area contributed by atoms with E-state index in [1.807, 2.05) is 24.3 Å². The third-order valence-corrected chi connectivity index (χ3v) is 3.77. The van der Waals surface area contributed by atoms with Crippen molar-refractivity contribution in [1.29, 1.82) is 0 Å². The number of rotatable bonds is 4. The molecule has 88 valence electrons. The van der Waals surface area contributed by atoms with Gasteiger partial charge in [0, 0.05) is 12.0 Å². The maximum Gasteiger partial charge on any atom is 0.102 e. The number of nitrogens with two attached hydrogens (primary N) is 1. The molecular weight excluding hydrogens is 202 g/mol. The van der Waals surface area contributed by atoms with Gasteiger partial charge in [-0.15, -0.1) is 0 Å². The lowest BCUT2D eigenvalue weighted by Crippen LogP contribution is -2.42. The van der Waals surface area contributed by atoms with Crippen LogP contribution in [0.1, 0.15) is 36.5 Å². The summed E-state index contributed by atoms with van der Waals surface area (Å²) in [7, 11) is 0. The SMILES string of the molecule is NCC1(c2ccccc2C(O)CO)CCC1. The van der Waals surface area contributed by atoms with Gasteiger partial charge in [-0.2, -0.15) is 0 Å². The summed E-state index contributed by atoms with van der Waals surface area (Å²) in [4.78, 5) is 0. The summed E-state index contributed by atoms with van der Waals surface area (Å²) in [6.07, 6.45) is 2.57. The van der Waals surface area contributed by atoms with E-state index in [1.165, 1.54) is 6.42 Å². The standard InChI is InChI=1S/C13H19NO2/c14-9-13(6-3-7-13)11-5-2-1-4-10(11)12(16)8-15/h1-2,4-5,12,15-16H,3,6-9,14H2. The molecule has 1 aromatic rings. The number of aliphatic hydroxyl groups excluding tert-OH is 2. The van der Waals surface area contributed by atoms with Gasteiger partial charge in [0.2, 0.25) is 0 Å². The monoisotopic (exact) mass is 221 g/mol. The molecule has 1 atom stereocenters. The lowest BCUT2D eigenvalue weighted by atomic mass is 9.63. The highest BCUT2D eigenvalue weighted by Crippen LogP contribution is 2.45. The molecule has 1 aliphatic carbocycles. The van der Waals surface area contributed by atoms with Crippen LogP contribution in [0.4, 0.5) is 0 Å². The van der Waals surface area contributed by atoms with Crippen molar-refractivity contribution >= 4 is 0 Å². The maximum atomic E-state index is 9.80. The Bertz CT molecular complexity index is 355. The third kappa shape index (κ3) is 1.75. The summed E-state index contributed by atoms with van der Waals surface area (Å²) in [5.74, 6) is 0. The van der Waals surface area contributed by atoms with Crippen molar-refractivity contribution in [1.82, 2.24) is 0 Å². The molecule has 0 heterocycles. The Balaban J connectivity index is 2.39. The number of hydrogen-bond acceptors (Lipinski definition) is 3. The van der Waals surface area contributed by atoms with Crippen LogP contribution in [0.15, 0.2) is 24.3 Å². The lowest BCUT2D eigenvalue weighted by Gasteiger charge is -2.43. The van der Waals surface area contributed by atoms with Crippen LogP contribution in [-0.2, 0) is 5.41 Å². The van der Waals surface area contributed by atoms with Gasteiger partial charge in [-0.1, -0.05) is 30.7 Å². The first-order valence-corrected chi connectivity index (χ1v) is 5.82. The predicted octanol–water partition coefficient (Wildman–Crippen LogP) is 1.09. The first-order chi connectivity index (χ1) is 7.73. The third-order valence-electron chi connectivity index (χ3n) is 3.77. The van der Waals surface area contributed by atoms with E-state index in [9.17, 15) is 5.11 Å². The smallest absolute Gasteiger partial charge is 0.102 e. The van der Waals surface area contributed by atoms with E-state index in [0.717, 1.165) is 24.0 Å². The molecule has 3 heteroatoms. The highest BCUT2D eigenvalue weighted by Gasteiger charge is 2.39. The second kappa shape index (κ2) is 4.53. The molecule has 0 aromatic heterocycles. The van der Waals surface area contributed by atoms with Crippen molar-refractivity contribution in [2.24, 2.45) is 5.73 Å². The minimum absolute atomic E-state index is 0.0345. The average Bonchev–Trinajstić information content (AvgIpc) is 2.28. The lowest BCUT2D eigenvalue weighted by molar-refractivity contribution is 0.0923. The van der Waals surface area contributed by atoms with E-state index in [-0.39, 0.29) is 12.0 Å². The molecule has 0 aliphatic heterocycles. The van der Waals surface area contributed by atoms with Crippen molar-refractivity contribution in [2.75, 3.05) is 13.2 Å². The Morgan fingerprint density at radius 2 is 2.00 bits per heavy atom. The predicted molar refractivity (Wildman–Crippen MR) is 63.1 cm³/mol. The first-order valence-electron chi connectivity index (χ1n) is 5.82. The Morgan fingerprint density at radius 3 is 2.50 bits per heavy atom. The summed E-state index contributed by atoms with van der Waals surface area (Å²) in [5.41, 5.74) is 7.85. The molecule has 3 nitrogen and oxygen atoms in total. The zero-order valence-electron chi connectivity index (χ0n) is 9.39. The Hall–Kier alpha value is -0.900. The highest BCUT2D eigenvalue weighted by molar-refractivity contribution is 5.38. The molecule has 0 saturated heterocycles. The fourth-order valence-corrected chi connectivity index (χ4v) is 2.56. The molecule has 0 amide bonds. The van der Waals surface area contributed by atoms with E-state index < -0.39 is 6.10 Å². The van der Waals surface area contributed by atoms with Crippen LogP contribution in [0.25, 0.3) is 0 Å². The second-order valence-electron chi connectivity index (χ2n) is 4.62. The zero-order valence-corrected chi connectivity index (χ0v) is 9.39. The Morgan fingerprint density at radius 1 is 1.31 bits per heavy atom. The maximum absolute atomic E-state index is 9.80. The summed E-state index contributed by atoms with van der Waals surface area (Å²) < 4.78 is 0. The molecular formula is C13H19NO2. The van der Waals surface area contributed by atoms with Gasteiger partial charge in [0.05, 0.1) is 6.61 Å². The molecule has 0 radical (unpaired) electrons. The average molecular weight is 221 g/mol. The van der Waals surface area contributed by atoms with E-state index in [0.29, 0.717) is 6.54 Å². The molecule has 1 saturated carbocycles. The Labute approximate surface area is 95.9 Å². The minimum Gasteiger partial charge on any atom is -0.393 e. The first kappa shape index (κ1) is 11.6. The number of hydrogen-bond donors (Lipinski definition) is 3. The van der Waals surface area contributed by atoms with Crippen molar-refractivity contribution in [3.63, 3.8) is 0 Å². The summed E-state index contributed by atoms with van der Waals surface area (Å²) >= 11 is 0. The molecule has 2 rings (SSSR count). The molecule has 1 aliphatic rings. The zero-order chi connectivity index (χ0) is 11.6. The molecule has 16 heavy (non-hydrogen) atoms. The number of aliphatic hydroxyl groups is 2. The van der Waals surface area contributed by atoms with Gasteiger partial charge < -0.3 is 15.9 Å². The van der Waals surface area contributed by atoms with Crippen LogP contribution in [-0.4, -0.2) is 23.4 Å². The quantitative estimate of drug-likeness (QED) is 0.713. The van der Waals surface area contributed by atoms with Gasteiger partial charge in [0.1, 0.15) is 6.10 Å². The summed E-state index contributed by atoms with van der Waals surface area (Å²) in [6.45, 7) is 0.375. The topological polar surface area (TPSA) is 66.5 Å². The van der Waals surface area contributed by atoms with E-state index in [1.54, 1.807) is 0 Å². The van der Waals surface area contributed by atoms with Crippen molar-refractivity contribution in [3.05, 3.63) is 35.4 Å². The van der Waals surface area contributed by atoms with Gasteiger partial charge >= 0.3 is 0 Å². The van der Waals surface area contributed by atoms with Gasteiger partial charge in [-0.05, 0) is 24.0 Å². The summed E-state index contributed by atoms with van der Waals surface area (Å²) in [6, 6.07) is 7.77. The van der Waals surface area contributed by atoms with Crippen LogP contribution >= 0.6 is 0 Å². The normalized spacial score (nSPS) is 20.2. The van der Waals surface area contributed by atoms with Gasteiger partial charge in [0.25, 0.3) is 0 Å². The van der Waals surface area contributed by atoms with Gasteiger partial charge in [-0.25, -0.2) is 0 Å². The molecule has 4 N–H and O–H groups in total. The molecule has 0 spiro atoms. The fourth-order valence-electron chi connectivity index (χ4n) is 2.56. The van der Waals surface area contributed by atoms with Crippen LogP contribution in [0.3, 0.4) is 0 Å². The highest BCUT2D eigenvalue weighted by atomic mass is 16.3. The van der Waals surface area contributed by atoms with E-state index >= 15 is 0 Å². The number of benzene rings is 1. The van der Waals surface area contributed by atoms with Crippen LogP contribution < -0.4 is 5.73 Å². The van der Waals surface area contributed by atoms with E-state index in [4.69, 9.17) is 10.8 Å². The molecule has 1 fully saturated rings. The van der Waals surface area contributed by atoms with Crippen molar-refractivity contribution in [2.45, 2.75) is 30.8 Å². The summed E-state index contributed by atoms with van der Waals surface area (Å²) in [5, 5.41) is 18.9. The van der Waals surface area contributed by atoms with Crippen molar-refractivity contribution < 1.29 is 10.2 Å².